The third kappa shape index (κ3) is 6.00. The second-order valence-corrected chi connectivity index (χ2v) is 18.2. The Morgan fingerprint density at radius 3 is 0.863 bits per heavy atom. The quantitative estimate of drug-likeness (QED) is 0.0930. The number of hydrogen-bond acceptors (Lipinski definition) is 0. The standard InChI is InChI=1S/C61H32F8N4/c62-56-55(57(63)59(65)60(66)58(56)64)54-52(72-48-23-11-5-17-40(48)42-31-34(25-27-50(42)72)70-44-19-7-1-13-36(44)37-14-2-8-20-45(37)70)29-33(61(67,68)69)30-53(54)73-49-24-12-6-18-41(49)43-32-35(26-28-51(43)73)71-46-21-9-3-15-38(46)39-16-4-10-22-47(39)71/h1-32H. The first kappa shape index (κ1) is 42.7. The van der Waals surface area contributed by atoms with Crippen molar-refractivity contribution in [3.05, 3.63) is 229 Å². The van der Waals surface area contributed by atoms with E-state index >= 15 is 35.1 Å². The maximum absolute atomic E-state index is 16.9. The molecule has 0 fully saturated rings. The second kappa shape index (κ2) is 15.4. The van der Waals surface area contributed by atoms with Gasteiger partial charge in [0.05, 0.1) is 66.6 Å². The van der Waals surface area contributed by atoms with Gasteiger partial charge in [-0.15, -0.1) is 0 Å². The highest BCUT2D eigenvalue weighted by Gasteiger charge is 2.37. The van der Waals surface area contributed by atoms with Crippen LogP contribution in [0.25, 0.3) is 121 Å². The zero-order valence-electron chi connectivity index (χ0n) is 37.8. The molecule has 0 bridgehead atoms. The molecule has 0 aliphatic carbocycles. The summed E-state index contributed by atoms with van der Waals surface area (Å²) in [4.78, 5) is 0. The Balaban J connectivity index is 1.11. The van der Waals surface area contributed by atoms with Crippen LogP contribution in [0.3, 0.4) is 0 Å². The zero-order chi connectivity index (χ0) is 49.6. The highest BCUT2D eigenvalue weighted by atomic mass is 19.4. The van der Waals surface area contributed by atoms with Gasteiger partial charge in [0.2, 0.25) is 5.82 Å². The summed E-state index contributed by atoms with van der Waals surface area (Å²) in [5, 5.41) is 6.19. The molecule has 14 aromatic rings. The Morgan fingerprint density at radius 2 is 0.534 bits per heavy atom. The van der Waals surface area contributed by atoms with Crippen LogP contribution in [0.5, 0.6) is 0 Å². The molecule has 0 aliphatic heterocycles. The van der Waals surface area contributed by atoms with Crippen molar-refractivity contribution in [2.75, 3.05) is 0 Å². The van der Waals surface area contributed by atoms with Gasteiger partial charge in [-0.05, 0) is 84.9 Å². The molecule has 4 heterocycles. The number of fused-ring (bicyclic) bond motifs is 12. The summed E-state index contributed by atoms with van der Waals surface area (Å²) in [6.07, 6.45) is -5.08. The molecule has 0 spiro atoms. The largest absolute Gasteiger partial charge is 0.416 e. The molecule has 0 aliphatic rings. The molecule has 0 unspecified atom stereocenters. The molecule has 352 valence electrons. The van der Waals surface area contributed by atoms with E-state index in [1.54, 1.807) is 72.8 Å². The fraction of sp³-hybridized carbons (Fsp3) is 0.0164. The Bertz CT molecular complexity index is 4300. The summed E-state index contributed by atoms with van der Waals surface area (Å²) in [6.45, 7) is 0. The van der Waals surface area contributed by atoms with Crippen LogP contribution in [0.1, 0.15) is 5.56 Å². The van der Waals surface area contributed by atoms with Crippen molar-refractivity contribution >= 4 is 87.2 Å². The summed E-state index contributed by atoms with van der Waals surface area (Å²) in [7, 11) is 0. The van der Waals surface area contributed by atoms with E-state index in [0.29, 0.717) is 55.0 Å². The first-order valence-electron chi connectivity index (χ1n) is 23.3. The van der Waals surface area contributed by atoms with E-state index in [-0.39, 0.29) is 0 Å². The van der Waals surface area contributed by atoms with Gasteiger partial charge in [-0.25, -0.2) is 22.0 Å². The number of para-hydroxylation sites is 6. The van der Waals surface area contributed by atoms with Crippen molar-refractivity contribution in [2.45, 2.75) is 6.18 Å². The average molecular weight is 973 g/mol. The zero-order valence-corrected chi connectivity index (χ0v) is 37.8. The van der Waals surface area contributed by atoms with Gasteiger partial charge in [0.15, 0.2) is 23.3 Å². The van der Waals surface area contributed by atoms with Gasteiger partial charge < -0.3 is 18.3 Å². The first-order chi connectivity index (χ1) is 35.5. The number of hydrogen-bond donors (Lipinski definition) is 0. The van der Waals surface area contributed by atoms with E-state index < -0.39 is 63.3 Å². The molecule has 0 atom stereocenters. The Morgan fingerprint density at radius 1 is 0.260 bits per heavy atom. The second-order valence-electron chi connectivity index (χ2n) is 18.2. The highest BCUT2D eigenvalue weighted by molar-refractivity contribution is 6.15. The SMILES string of the molecule is Fc1c(F)c(F)c(-c2c(-n3c4ccccc4c4cc(-n5c6ccccc6c6ccccc65)ccc43)cc(C(F)(F)F)cc2-n2c3ccccc3c3cc(-n4c5ccccc5c5ccccc54)ccc32)c(F)c1F. The lowest BCUT2D eigenvalue weighted by atomic mass is 9.96. The molecule has 12 heteroatoms. The molecule has 0 N–H and O–H groups in total. The highest BCUT2D eigenvalue weighted by Crippen LogP contribution is 2.48. The number of benzene rings is 10. The third-order valence-electron chi connectivity index (χ3n) is 14.4. The number of halogens is 8. The summed E-state index contributed by atoms with van der Waals surface area (Å²) in [5.41, 5.74) is 2.01. The van der Waals surface area contributed by atoms with Crippen molar-refractivity contribution in [3.63, 3.8) is 0 Å². The van der Waals surface area contributed by atoms with Gasteiger partial charge >= 0.3 is 6.18 Å². The lowest BCUT2D eigenvalue weighted by molar-refractivity contribution is -0.137. The van der Waals surface area contributed by atoms with Crippen molar-refractivity contribution in [1.82, 2.24) is 18.3 Å². The smallest absolute Gasteiger partial charge is 0.309 e. The monoisotopic (exact) mass is 972 g/mol. The van der Waals surface area contributed by atoms with Crippen molar-refractivity contribution in [1.29, 1.82) is 0 Å². The predicted octanol–water partition coefficient (Wildman–Crippen LogP) is 17.5. The van der Waals surface area contributed by atoms with Crippen LogP contribution >= 0.6 is 0 Å². The first-order valence-corrected chi connectivity index (χ1v) is 23.3. The van der Waals surface area contributed by atoms with E-state index in [0.717, 1.165) is 55.7 Å². The maximum Gasteiger partial charge on any atom is 0.416 e. The van der Waals surface area contributed by atoms with Crippen molar-refractivity contribution in [3.8, 4) is 33.9 Å². The van der Waals surface area contributed by atoms with E-state index in [2.05, 4.69) is 9.13 Å². The molecule has 0 saturated heterocycles. The van der Waals surface area contributed by atoms with Crippen LogP contribution < -0.4 is 0 Å². The predicted molar refractivity (Wildman–Crippen MR) is 274 cm³/mol. The minimum absolute atomic E-state index is 0.305. The minimum Gasteiger partial charge on any atom is -0.309 e. The number of alkyl halides is 3. The molecule has 14 rings (SSSR count). The molecule has 0 radical (unpaired) electrons. The van der Waals surface area contributed by atoms with Crippen LogP contribution in [-0.4, -0.2) is 18.3 Å². The molecule has 0 saturated carbocycles. The van der Waals surface area contributed by atoms with Crippen LogP contribution in [0.4, 0.5) is 35.1 Å². The molecule has 73 heavy (non-hydrogen) atoms. The summed E-state index contributed by atoms with van der Waals surface area (Å²) >= 11 is 0. The van der Waals surface area contributed by atoms with Gasteiger partial charge in [-0.3, -0.25) is 0 Å². The van der Waals surface area contributed by atoms with Gasteiger partial charge in [0.1, 0.15) is 0 Å². The summed E-state index contributed by atoms with van der Waals surface area (Å²) in [6, 6.07) is 57.5. The lowest BCUT2D eigenvalue weighted by Gasteiger charge is -2.23. The third-order valence-corrected chi connectivity index (χ3v) is 14.4. The van der Waals surface area contributed by atoms with E-state index in [1.807, 2.05) is 109 Å². The Hall–Kier alpha value is -9.16. The fourth-order valence-corrected chi connectivity index (χ4v) is 11.3. The average Bonchev–Trinajstić information content (AvgIpc) is 4.14. The Labute approximate surface area is 408 Å². The van der Waals surface area contributed by atoms with Gasteiger partial charge in [0, 0.05) is 60.0 Å². The number of rotatable bonds is 5. The number of aromatic nitrogens is 4. The fourth-order valence-electron chi connectivity index (χ4n) is 11.3. The lowest BCUT2D eigenvalue weighted by Crippen LogP contribution is -2.13. The van der Waals surface area contributed by atoms with Crippen molar-refractivity contribution in [2.24, 2.45) is 0 Å². The normalized spacial score (nSPS) is 12.4. The van der Waals surface area contributed by atoms with E-state index in [4.69, 9.17) is 0 Å². The molecule has 4 nitrogen and oxygen atoms in total. The molecule has 0 amide bonds. The molecule has 4 aromatic heterocycles. The number of nitrogens with zero attached hydrogens (tertiary/aromatic N) is 4. The summed E-state index contributed by atoms with van der Waals surface area (Å²) in [5.74, 6) is -11.3. The topological polar surface area (TPSA) is 19.7 Å². The van der Waals surface area contributed by atoms with Gasteiger partial charge in [-0.2, -0.15) is 13.2 Å². The van der Waals surface area contributed by atoms with Gasteiger partial charge in [0.25, 0.3) is 0 Å². The molecule has 10 aromatic carbocycles. The van der Waals surface area contributed by atoms with Crippen LogP contribution in [0, 0.1) is 29.1 Å². The molecular formula is C61H32F8N4. The van der Waals surface area contributed by atoms with Crippen LogP contribution in [0.2, 0.25) is 0 Å². The van der Waals surface area contributed by atoms with E-state index in [9.17, 15) is 0 Å². The van der Waals surface area contributed by atoms with Gasteiger partial charge in [-0.1, -0.05) is 109 Å². The Kier molecular flexibility index (Phi) is 9.02. The minimum atomic E-state index is -5.08. The van der Waals surface area contributed by atoms with Crippen LogP contribution in [-0.2, 0) is 6.18 Å². The molecular weight excluding hydrogens is 941 g/mol. The maximum atomic E-state index is 16.9. The van der Waals surface area contributed by atoms with E-state index in [1.165, 1.54) is 9.13 Å². The summed E-state index contributed by atoms with van der Waals surface area (Å²) < 4.78 is 135. The van der Waals surface area contributed by atoms with Crippen molar-refractivity contribution < 1.29 is 35.1 Å². The van der Waals surface area contributed by atoms with Crippen LogP contribution in [0.15, 0.2) is 194 Å².